The van der Waals surface area contributed by atoms with E-state index in [-0.39, 0.29) is 13.2 Å². The highest BCUT2D eigenvalue weighted by Gasteiger charge is 2.29. The molecule has 1 N–H and O–H groups in total. The summed E-state index contributed by atoms with van der Waals surface area (Å²) in [5.41, 5.74) is 0.421. The lowest BCUT2D eigenvalue weighted by Crippen LogP contribution is -2.05. The van der Waals surface area contributed by atoms with Gasteiger partial charge < -0.3 is 9.84 Å². The van der Waals surface area contributed by atoms with Crippen molar-refractivity contribution in [1.29, 1.82) is 0 Å². The van der Waals surface area contributed by atoms with Crippen LogP contribution in [0.2, 0.25) is 5.02 Å². The Balaban J connectivity index is 2.07. The summed E-state index contributed by atoms with van der Waals surface area (Å²) in [7, 11) is 0. The highest BCUT2D eigenvalue weighted by Crippen LogP contribution is 2.29. The van der Waals surface area contributed by atoms with Crippen molar-refractivity contribution in [2.24, 2.45) is 0 Å². The maximum Gasteiger partial charge on any atom is 0.416 e. The number of aliphatic hydroxyl groups excluding tert-OH is 1. The lowest BCUT2D eigenvalue weighted by atomic mass is 10.1. The first-order chi connectivity index (χ1) is 9.90. The Labute approximate surface area is 124 Å². The Kier molecular flexibility index (Phi) is 4.75. The summed E-state index contributed by atoms with van der Waals surface area (Å²) < 4.78 is 42.8. The molecule has 0 aliphatic carbocycles. The molecule has 0 aliphatic rings. The number of halogens is 4. The zero-order valence-electron chi connectivity index (χ0n) is 10.8. The van der Waals surface area contributed by atoms with Crippen molar-refractivity contribution in [3.8, 4) is 5.75 Å². The van der Waals surface area contributed by atoms with Crippen molar-refractivity contribution in [3.63, 3.8) is 0 Å². The molecule has 0 bridgehead atoms. The third-order valence-corrected chi connectivity index (χ3v) is 3.10. The van der Waals surface area contributed by atoms with Crippen LogP contribution in [0.3, 0.4) is 0 Å². The lowest BCUT2D eigenvalue weighted by molar-refractivity contribution is -0.137. The number of alkyl halides is 3. The number of ether oxygens (including phenoxy) is 1. The molecule has 2 nitrogen and oxygen atoms in total. The van der Waals surface area contributed by atoms with Crippen LogP contribution >= 0.6 is 11.6 Å². The van der Waals surface area contributed by atoms with E-state index < -0.39 is 11.7 Å². The van der Waals surface area contributed by atoms with Gasteiger partial charge in [-0.1, -0.05) is 23.7 Å². The Morgan fingerprint density at radius 3 is 2.29 bits per heavy atom. The second-order valence-electron chi connectivity index (χ2n) is 4.39. The summed E-state index contributed by atoms with van der Waals surface area (Å²) in [5, 5.41) is 9.68. The summed E-state index contributed by atoms with van der Waals surface area (Å²) in [5.74, 6) is 0.446. The molecule has 0 aliphatic heterocycles. The highest BCUT2D eigenvalue weighted by atomic mass is 35.5. The van der Waals surface area contributed by atoms with E-state index in [1.54, 1.807) is 18.2 Å². The van der Waals surface area contributed by atoms with Gasteiger partial charge in [0, 0.05) is 10.6 Å². The molecule has 2 aromatic carbocycles. The molecule has 2 rings (SSSR count). The SMILES string of the molecule is OCc1cc(Cl)ccc1OCc1ccc(C(F)(F)F)cc1. The van der Waals surface area contributed by atoms with Gasteiger partial charge in [-0.05, 0) is 35.9 Å². The first-order valence-corrected chi connectivity index (χ1v) is 6.46. The van der Waals surface area contributed by atoms with E-state index in [1.807, 2.05) is 0 Å². The highest BCUT2D eigenvalue weighted by molar-refractivity contribution is 6.30. The summed E-state index contributed by atoms with van der Waals surface area (Å²) in [6.45, 7) is -0.129. The van der Waals surface area contributed by atoms with Crippen LogP contribution in [-0.2, 0) is 19.4 Å². The largest absolute Gasteiger partial charge is 0.489 e. The van der Waals surface area contributed by atoms with Gasteiger partial charge in [0.1, 0.15) is 12.4 Å². The lowest BCUT2D eigenvalue weighted by Gasteiger charge is -2.11. The average Bonchev–Trinajstić information content (AvgIpc) is 2.45. The van der Waals surface area contributed by atoms with Crippen LogP contribution in [0.1, 0.15) is 16.7 Å². The molecule has 0 atom stereocenters. The molecular weight excluding hydrogens is 305 g/mol. The van der Waals surface area contributed by atoms with Crippen LogP contribution in [0.25, 0.3) is 0 Å². The summed E-state index contributed by atoms with van der Waals surface area (Å²) in [6.07, 6.45) is -4.35. The second-order valence-corrected chi connectivity index (χ2v) is 4.83. The van der Waals surface area contributed by atoms with Crippen molar-refractivity contribution in [3.05, 3.63) is 64.2 Å². The van der Waals surface area contributed by atoms with Gasteiger partial charge in [0.15, 0.2) is 0 Å². The number of hydrogen-bond donors (Lipinski definition) is 1. The molecule has 0 spiro atoms. The quantitative estimate of drug-likeness (QED) is 0.904. The zero-order valence-corrected chi connectivity index (χ0v) is 11.6. The molecule has 0 amide bonds. The summed E-state index contributed by atoms with van der Waals surface area (Å²) >= 11 is 5.80. The fourth-order valence-corrected chi connectivity index (χ4v) is 1.96. The Morgan fingerprint density at radius 2 is 1.71 bits per heavy atom. The van der Waals surface area contributed by atoms with Crippen molar-refractivity contribution in [1.82, 2.24) is 0 Å². The number of benzene rings is 2. The minimum absolute atomic E-state index is 0.104. The minimum atomic E-state index is -4.35. The molecule has 2 aromatic rings. The van der Waals surface area contributed by atoms with E-state index in [0.717, 1.165) is 12.1 Å². The van der Waals surface area contributed by atoms with Crippen molar-refractivity contribution in [2.75, 3.05) is 0 Å². The number of rotatable bonds is 4. The summed E-state index contributed by atoms with van der Waals surface area (Å²) in [4.78, 5) is 0. The molecule has 0 radical (unpaired) electrons. The molecule has 21 heavy (non-hydrogen) atoms. The van der Waals surface area contributed by atoms with Gasteiger partial charge in [-0.25, -0.2) is 0 Å². The van der Waals surface area contributed by atoms with E-state index in [1.165, 1.54) is 12.1 Å². The fraction of sp³-hybridized carbons (Fsp3) is 0.200. The molecule has 0 saturated carbocycles. The van der Waals surface area contributed by atoms with E-state index in [0.29, 0.717) is 21.9 Å². The van der Waals surface area contributed by atoms with Crippen molar-refractivity contribution >= 4 is 11.6 Å². The van der Waals surface area contributed by atoms with Gasteiger partial charge >= 0.3 is 6.18 Å². The average molecular weight is 317 g/mol. The van der Waals surface area contributed by atoms with Gasteiger partial charge in [0.05, 0.1) is 12.2 Å². The number of hydrogen-bond acceptors (Lipinski definition) is 2. The number of aliphatic hydroxyl groups is 1. The maximum atomic E-state index is 12.4. The minimum Gasteiger partial charge on any atom is -0.489 e. The molecule has 0 heterocycles. The first kappa shape index (κ1) is 15.7. The van der Waals surface area contributed by atoms with Gasteiger partial charge in [-0.3, -0.25) is 0 Å². The first-order valence-electron chi connectivity index (χ1n) is 6.08. The van der Waals surface area contributed by atoms with Crippen LogP contribution in [0.15, 0.2) is 42.5 Å². The van der Waals surface area contributed by atoms with Crippen molar-refractivity contribution in [2.45, 2.75) is 19.4 Å². The Hall–Kier alpha value is -1.72. The predicted octanol–water partition coefficient (Wildman–Crippen LogP) is 4.43. The smallest absolute Gasteiger partial charge is 0.416 e. The van der Waals surface area contributed by atoms with Gasteiger partial charge in [0.2, 0.25) is 0 Å². The van der Waals surface area contributed by atoms with Crippen molar-refractivity contribution < 1.29 is 23.0 Å². The van der Waals surface area contributed by atoms with Gasteiger partial charge in [-0.15, -0.1) is 0 Å². The zero-order chi connectivity index (χ0) is 15.5. The topological polar surface area (TPSA) is 29.5 Å². The molecule has 0 saturated heterocycles. The predicted molar refractivity (Wildman–Crippen MR) is 73.2 cm³/mol. The molecule has 6 heteroatoms. The molecule has 0 unspecified atom stereocenters. The molecule has 0 fully saturated rings. The van der Waals surface area contributed by atoms with Gasteiger partial charge in [0.25, 0.3) is 0 Å². The Morgan fingerprint density at radius 1 is 1.05 bits per heavy atom. The van der Waals surface area contributed by atoms with Crippen LogP contribution in [-0.4, -0.2) is 5.11 Å². The second kappa shape index (κ2) is 6.37. The summed E-state index contributed by atoms with van der Waals surface area (Å²) in [6, 6.07) is 9.53. The van der Waals surface area contributed by atoms with E-state index in [4.69, 9.17) is 16.3 Å². The monoisotopic (exact) mass is 316 g/mol. The van der Waals surface area contributed by atoms with E-state index in [9.17, 15) is 18.3 Å². The molecular formula is C15H12ClF3O2. The third kappa shape index (κ3) is 4.12. The third-order valence-electron chi connectivity index (χ3n) is 2.87. The Bertz CT molecular complexity index is 609. The standard InChI is InChI=1S/C15H12ClF3O2/c16-13-5-6-14(11(7-13)8-20)21-9-10-1-3-12(4-2-10)15(17,18)19/h1-7,20H,8-9H2. The van der Waals surface area contributed by atoms with E-state index in [2.05, 4.69) is 0 Å². The molecule has 0 aromatic heterocycles. The van der Waals surface area contributed by atoms with E-state index >= 15 is 0 Å². The molecule has 112 valence electrons. The van der Waals surface area contributed by atoms with Crippen LogP contribution in [0.4, 0.5) is 13.2 Å². The van der Waals surface area contributed by atoms with Crippen LogP contribution in [0, 0.1) is 0 Å². The van der Waals surface area contributed by atoms with Crippen LogP contribution in [0.5, 0.6) is 5.75 Å². The maximum absolute atomic E-state index is 12.4. The van der Waals surface area contributed by atoms with Gasteiger partial charge in [-0.2, -0.15) is 13.2 Å². The van der Waals surface area contributed by atoms with Crippen LogP contribution < -0.4 is 4.74 Å². The fourth-order valence-electron chi connectivity index (χ4n) is 1.76. The normalized spacial score (nSPS) is 11.5.